The van der Waals surface area contributed by atoms with Crippen LogP contribution in [0.5, 0.6) is 5.88 Å². The summed E-state index contributed by atoms with van der Waals surface area (Å²) in [6.45, 7) is 0.775. The zero-order chi connectivity index (χ0) is 18.6. The number of ether oxygens (including phenoxy) is 2. The van der Waals surface area contributed by atoms with E-state index in [1.807, 2.05) is 30.3 Å². The third-order valence-corrected chi connectivity index (χ3v) is 5.03. The first-order valence-electron chi connectivity index (χ1n) is 9.34. The van der Waals surface area contributed by atoms with Crippen LogP contribution in [0.4, 0.5) is 5.69 Å². The standard InChI is InChI=1S/C21H22N2O4/c24-20-11-15(13-23(20)17-5-2-1-3-6-17)14-26-21(25)16-9-10-22-19(12-16)27-18-7-4-8-18/h1-3,5-6,9-10,12,15,18H,4,7-8,11,13-14H2. The molecule has 140 valence electrons. The summed E-state index contributed by atoms with van der Waals surface area (Å²) in [5.41, 5.74) is 1.30. The highest BCUT2D eigenvalue weighted by Gasteiger charge is 2.31. The van der Waals surface area contributed by atoms with Crippen molar-refractivity contribution in [1.82, 2.24) is 4.98 Å². The van der Waals surface area contributed by atoms with Crippen molar-refractivity contribution >= 4 is 17.6 Å². The Kier molecular flexibility index (Phi) is 5.05. The van der Waals surface area contributed by atoms with Crippen LogP contribution in [-0.4, -0.2) is 36.1 Å². The Bertz CT molecular complexity index is 820. The lowest BCUT2D eigenvalue weighted by Gasteiger charge is -2.25. The number of carbonyl (C=O) groups is 2. The van der Waals surface area contributed by atoms with Crippen LogP contribution in [0.1, 0.15) is 36.0 Å². The van der Waals surface area contributed by atoms with Crippen LogP contribution in [-0.2, 0) is 9.53 Å². The molecule has 1 unspecified atom stereocenters. The van der Waals surface area contributed by atoms with Crippen LogP contribution in [0.3, 0.4) is 0 Å². The van der Waals surface area contributed by atoms with Crippen molar-refractivity contribution in [3.05, 3.63) is 54.2 Å². The van der Waals surface area contributed by atoms with E-state index in [0.29, 0.717) is 24.4 Å². The van der Waals surface area contributed by atoms with Crippen molar-refractivity contribution in [3.8, 4) is 5.88 Å². The molecule has 1 aromatic carbocycles. The van der Waals surface area contributed by atoms with E-state index in [9.17, 15) is 9.59 Å². The molecule has 2 aromatic rings. The molecule has 1 aliphatic heterocycles. The van der Waals surface area contributed by atoms with Gasteiger partial charge in [0.1, 0.15) is 6.10 Å². The Balaban J connectivity index is 1.32. The summed E-state index contributed by atoms with van der Waals surface area (Å²) in [6, 6.07) is 12.8. The van der Waals surface area contributed by atoms with E-state index >= 15 is 0 Å². The SMILES string of the molecule is O=C(OCC1CC(=O)N(c2ccccc2)C1)c1ccnc(OC2CCC2)c1. The molecule has 1 amide bonds. The Hall–Kier alpha value is -2.89. The predicted molar refractivity (Wildman–Crippen MR) is 99.7 cm³/mol. The van der Waals surface area contributed by atoms with Gasteiger partial charge in [-0.3, -0.25) is 4.79 Å². The maximum Gasteiger partial charge on any atom is 0.338 e. The first-order chi connectivity index (χ1) is 13.2. The molecular weight excluding hydrogens is 344 g/mol. The number of rotatable bonds is 6. The van der Waals surface area contributed by atoms with Crippen molar-refractivity contribution in [1.29, 1.82) is 0 Å². The average molecular weight is 366 g/mol. The minimum Gasteiger partial charge on any atom is -0.474 e. The van der Waals surface area contributed by atoms with Gasteiger partial charge in [0.05, 0.1) is 12.2 Å². The molecule has 0 radical (unpaired) electrons. The molecule has 6 heteroatoms. The minimum atomic E-state index is -0.415. The highest BCUT2D eigenvalue weighted by Crippen LogP contribution is 2.26. The zero-order valence-corrected chi connectivity index (χ0v) is 15.0. The fourth-order valence-electron chi connectivity index (χ4n) is 3.29. The van der Waals surface area contributed by atoms with Gasteiger partial charge in [0, 0.05) is 36.8 Å². The van der Waals surface area contributed by atoms with Crippen LogP contribution < -0.4 is 9.64 Å². The summed E-state index contributed by atoms with van der Waals surface area (Å²) >= 11 is 0. The lowest BCUT2D eigenvalue weighted by molar-refractivity contribution is -0.117. The van der Waals surface area contributed by atoms with Gasteiger partial charge in [0.25, 0.3) is 0 Å². The summed E-state index contributed by atoms with van der Waals surface area (Å²) in [5, 5.41) is 0. The van der Waals surface area contributed by atoms with Gasteiger partial charge in [0.15, 0.2) is 0 Å². The van der Waals surface area contributed by atoms with E-state index < -0.39 is 5.97 Å². The number of esters is 1. The zero-order valence-electron chi connectivity index (χ0n) is 15.0. The number of pyridine rings is 1. The van der Waals surface area contributed by atoms with Gasteiger partial charge in [-0.15, -0.1) is 0 Å². The number of aromatic nitrogens is 1. The van der Waals surface area contributed by atoms with Crippen molar-refractivity contribution in [2.75, 3.05) is 18.1 Å². The molecule has 1 atom stereocenters. The molecule has 2 heterocycles. The van der Waals surface area contributed by atoms with Crippen LogP contribution in [0.2, 0.25) is 0 Å². The first-order valence-corrected chi connectivity index (χ1v) is 9.34. The number of amides is 1. The largest absolute Gasteiger partial charge is 0.474 e. The highest BCUT2D eigenvalue weighted by atomic mass is 16.5. The lowest BCUT2D eigenvalue weighted by Crippen LogP contribution is -2.25. The van der Waals surface area contributed by atoms with Crippen LogP contribution in [0.25, 0.3) is 0 Å². The van der Waals surface area contributed by atoms with Crippen molar-refractivity contribution in [2.45, 2.75) is 31.8 Å². The van der Waals surface area contributed by atoms with Crippen LogP contribution in [0, 0.1) is 5.92 Å². The van der Waals surface area contributed by atoms with E-state index in [4.69, 9.17) is 9.47 Å². The van der Waals surface area contributed by atoms with E-state index in [1.54, 1.807) is 23.2 Å². The van der Waals surface area contributed by atoms with Crippen molar-refractivity contribution in [2.24, 2.45) is 5.92 Å². The number of hydrogen-bond donors (Lipinski definition) is 0. The predicted octanol–water partition coefficient (Wildman–Crippen LogP) is 3.22. The first kappa shape index (κ1) is 17.5. The maximum atomic E-state index is 12.4. The van der Waals surface area contributed by atoms with Crippen molar-refractivity contribution < 1.29 is 19.1 Å². The van der Waals surface area contributed by atoms with E-state index in [2.05, 4.69) is 4.98 Å². The molecule has 1 aliphatic carbocycles. The summed E-state index contributed by atoms with van der Waals surface area (Å²) in [4.78, 5) is 30.5. The van der Waals surface area contributed by atoms with Gasteiger partial charge in [-0.2, -0.15) is 0 Å². The quantitative estimate of drug-likeness (QED) is 0.734. The Morgan fingerprint density at radius 1 is 1.19 bits per heavy atom. The van der Waals surface area contributed by atoms with Gasteiger partial charge in [-0.1, -0.05) is 18.2 Å². The smallest absolute Gasteiger partial charge is 0.338 e. The molecule has 1 saturated heterocycles. The second-order valence-electron chi connectivity index (χ2n) is 7.06. The molecule has 1 aromatic heterocycles. The second kappa shape index (κ2) is 7.78. The van der Waals surface area contributed by atoms with Gasteiger partial charge in [-0.25, -0.2) is 9.78 Å². The minimum absolute atomic E-state index is 0.00538. The Morgan fingerprint density at radius 3 is 2.74 bits per heavy atom. The average Bonchev–Trinajstić information content (AvgIpc) is 3.04. The van der Waals surface area contributed by atoms with Gasteiger partial charge in [-0.05, 0) is 37.5 Å². The molecular formula is C21H22N2O4. The number of benzene rings is 1. The normalized spacial score (nSPS) is 19.6. The molecule has 6 nitrogen and oxygen atoms in total. The topological polar surface area (TPSA) is 68.7 Å². The van der Waals surface area contributed by atoms with E-state index in [1.165, 1.54) is 6.42 Å². The van der Waals surface area contributed by atoms with Gasteiger partial charge in [0.2, 0.25) is 11.8 Å². The van der Waals surface area contributed by atoms with E-state index in [-0.39, 0.29) is 24.5 Å². The summed E-state index contributed by atoms with van der Waals surface area (Å²) < 4.78 is 11.2. The Labute approximate surface area is 158 Å². The second-order valence-corrected chi connectivity index (χ2v) is 7.06. The third-order valence-electron chi connectivity index (χ3n) is 5.03. The number of anilines is 1. The van der Waals surface area contributed by atoms with Gasteiger partial charge < -0.3 is 14.4 Å². The van der Waals surface area contributed by atoms with Crippen molar-refractivity contribution in [3.63, 3.8) is 0 Å². The highest BCUT2D eigenvalue weighted by molar-refractivity contribution is 5.95. The fraction of sp³-hybridized carbons (Fsp3) is 0.381. The molecule has 2 fully saturated rings. The Morgan fingerprint density at radius 2 is 2.00 bits per heavy atom. The number of carbonyl (C=O) groups excluding carboxylic acids is 2. The maximum absolute atomic E-state index is 12.4. The molecule has 0 N–H and O–H groups in total. The monoisotopic (exact) mass is 366 g/mol. The number of nitrogens with zero attached hydrogens (tertiary/aromatic N) is 2. The summed E-state index contributed by atoms with van der Waals surface area (Å²) in [6.07, 6.45) is 5.38. The van der Waals surface area contributed by atoms with Crippen LogP contribution in [0.15, 0.2) is 48.7 Å². The molecule has 27 heavy (non-hydrogen) atoms. The molecule has 1 saturated carbocycles. The lowest BCUT2D eigenvalue weighted by atomic mass is 9.96. The van der Waals surface area contributed by atoms with Gasteiger partial charge >= 0.3 is 5.97 Å². The summed E-state index contributed by atoms with van der Waals surface area (Å²) in [7, 11) is 0. The third kappa shape index (κ3) is 4.10. The molecule has 0 bridgehead atoms. The van der Waals surface area contributed by atoms with Crippen LogP contribution >= 0.6 is 0 Å². The molecule has 4 rings (SSSR count). The molecule has 0 spiro atoms. The molecule has 2 aliphatic rings. The van der Waals surface area contributed by atoms with E-state index in [0.717, 1.165) is 18.5 Å². The number of para-hydroxylation sites is 1. The number of hydrogen-bond acceptors (Lipinski definition) is 5. The fourth-order valence-corrected chi connectivity index (χ4v) is 3.29. The summed E-state index contributed by atoms with van der Waals surface area (Å²) in [5.74, 6) is 0.0958.